The van der Waals surface area contributed by atoms with Gasteiger partial charge in [-0.1, -0.05) is 30.7 Å². The molecule has 80 valence electrons. The zero-order chi connectivity index (χ0) is 11.4. The van der Waals surface area contributed by atoms with E-state index in [-0.39, 0.29) is 10.6 Å². The summed E-state index contributed by atoms with van der Waals surface area (Å²) in [6.45, 7) is 5.73. The zero-order valence-electron chi connectivity index (χ0n) is 9.28. The van der Waals surface area contributed by atoms with E-state index in [1.165, 1.54) is 0 Å². The molecule has 3 nitrogen and oxygen atoms in total. The van der Waals surface area contributed by atoms with Gasteiger partial charge in [0.05, 0.1) is 4.92 Å². The van der Waals surface area contributed by atoms with E-state index in [1.54, 1.807) is 13.0 Å². The Morgan fingerprint density at radius 2 is 2.13 bits per heavy atom. The van der Waals surface area contributed by atoms with Crippen LogP contribution in [0, 0.1) is 24.0 Å². The van der Waals surface area contributed by atoms with E-state index in [1.807, 2.05) is 32.0 Å². The van der Waals surface area contributed by atoms with E-state index < -0.39 is 0 Å². The molecule has 0 saturated heterocycles. The summed E-state index contributed by atoms with van der Waals surface area (Å²) in [7, 11) is 0. The molecule has 0 aliphatic heterocycles. The number of hydrogen-bond acceptors (Lipinski definition) is 2. The van der Waals surface area contributed by atoms with Crippen molar-refractivity contribution in [2.24, 2.45) is 0 Å². The molecule has 0 unspecified atom stereocenters. The number of benzene rings is 1. The summed E-state index contributed by atoms with van der Waals surface area (Å²) in [4.78, 5) is 10.4. The van der Waals surface area contributed by atoms with Crippen molar-refractivity contribution in [3.63, 3.8) is 0 Å². The van der Waals surface area contributed by atoms with Crippen LogP contribution in [0.1, 0.15) is 30.0 Å². The first-order chi connectivity index (χ1) is 7.04. The second-order valence-electron chi connectivity index (χ2n) is 3.61. The first-order valence-electron chi connectivity index (χ1n) is 4.96. The molecule has 0 atom stereocenters. The highest BCUT2D eigenvalue weighted by molar-refractivity contribution is 5.56. The number of nitrogens with zero attached hydrogens (tertiary/aromatic N) is 1. The summed E-state index contributed by atoms with van der Waals surface area (Å²) in [5, 5.41) is 10.7. The molecule has 0 radical (unpaired) electrons. The second kappa shape index (κ2) is 4.73. The van der Waals surface area contributed by atoms with Crippen molar-refractivity contribution < 1.29 is 4.92 Å². The number of hydrogen-bond donors (Lipinski definition) is 0. The van der Waals surface area contributed by atoms with Crippen LogP contribution in [-0.4, -0.2) is 4.92 Å². The maximum absolute atomic E-state index is 10.7. The standard InChI is InChI=1S/C12H15NO2/c1-4-12(13(14)15)8-11-7-9(2)5-6-10(11)3/h5-8H,4H2,1-3H3. The van der Waals surface area contributed by atoms with Crippen molar-refractivity contribution in [3.8, 4) is 0 Å². The molecule has 0 saturated carbocycles. The lowest BCUT2D eigenvalue weighted by Crippen LogP contribution is -1.97. The van der Waals surface area contributed by atoms with Gasteiger partial charge in [-0.15, -0.1) is 0 Å². The second-order valence-corrected chi connectivity index (χ2v) is 3.61. The minimum atomic E-state index is -0.318. The molecule has 0 spiro atoms. The lowest BCUT2D eigenvalue weighted by atomic mass is 10.0. The monoisotopic (exact) mass is 205 g/mol. The molecular formula is C12H15NO2. The summed E-state index contributed by atoms with van der Waals surface area (Å²) in [6.07, 6.45) is 2.10. The van der Waals surface area contributed by atoms with Gasteiger partial charge < -0.3 is 0 Å². The summed E-state index contributed by atoms with van der Waals surface area (Å²) in [6, 6.07) is 5.95. The van der Waals surface area contributed by atoms with Gasteiger partial charge in [0.1, 0.15) is 0 Å². The Hall–Kier alpha value is -1.64. The van der Waals surface area contributed by atoms with Gasteiger partial charge in [0.2, 0.25) is 5.70 Å². The third-order valence-corrected chi connectivity index (χ3v) is 2.35. The lowest BCUT2D eigenvalue weighted by molar-refractivity contribution is -0.425. The third kappa shape index (κ3) is 2.91. The van der Waals surface area contributed by atoms with Crippen LogP contribution in [-0.2, 0) is 0 Å². The fourth-order valence-electron chi connectivity index (χ4n) is 1.38. The van der Waals surface area contributed by atoms with Crippen LogP contribution in [0.4, 0.5) is 0 Å². The van der Waals surface area contributed by atoms with Gasteiger partial charge in [-0.05, 0) is 25.0 Å². The van der Waals surface area contributed by atoms with Gasteiger partial charge in [0, 0.05) is 12.5 Å². The quantitative estimate of drug-likeness (QED) is 0.561. The molecule has 0 amide bonds. The molecule has 0 aromatic heterocycles. The highest BCUT2D eigenvalue weighted by Crippen LogP contribution is 2.16. The molecule has 0 fully saturated rings. The minimum absolute atomic E-state index is 0.253. The number of nitro groups is 1. The van der Waals surface area contributed by atoms with Gasteiger partial charge in [0.15, 0.2) is 0 Å². The van der Waals surface area contributed by atoms with Crippen molar-refractivity contribution in [2.75, 3.05) is 0 Å². The Kier molecular flexibility index (Phi) is 3.61. The Balaban J connectivity index is 3.16. The summed E-state index contributed by atoms with van der Waals surface area (Å²) in [5.74, 6) is 0. The van der Waals surface area contributed by atoms with Crippen LogP contribution in [0.5, 0.6) is 0 Å². The average Bonchev–Trinajstić information content (AvgIpc) is 2.18. The highest BCUT2D eigenvalue weighted by Gasteiger charge is 2.08. The Bertz CT molecular complexity index is 408. The number of aryl methyl sites for hydroxylation is 2. The average molecular weight is 205 g/mol. The van der Waals surface area contributed by atoms with Gasteiger partial charge in [-0.2, -0.15) is 0 Å². The molecule has 0 N–H and O–H groups in total. The van der Waals surface area contributed by atoms with Gasteiger partial charge in [-0.3, -0.25) is 10.1 Å². The van der Waals surface area contributed by atoms with Crippen molar-refractivity contribution in [1.29, 1.82) is 0 Å². The predicted molar refractivity (Wildman–Crippen MR) is 61.2 cm³/mol. The lowest BCUT2D eigenvalue weighted by Gasteiger charge is -2.02. The maximum Gasteiger partial charge on any atom is 0.246 e. The Morgan fingerprint density at radius 3 is 2.67 bits per heavy atom. The predicted octanol–water partition coefficient (Wildman–Crippen LogP) is 3.33. The first kappa shape index (κ1) is 11.4. The van der Waals surface area contributed by atoms with Crippen LogP contribution in [0.25, 0.3) is 6.08 Å². The van der Waals surface area contributed by atoms with Crippen LogP contribution in [0.3, 0.4) is 0 Å². The maximum atomic E-state index is 10.7. The summed E-state index contributed by atoms with van der Waals surface area (Å²) >= 11 is 0. The Morgan fingerprint density at radius 1 is 1.47 bits per heavy atom. The smallest absolute Gasteiger partial charge is 0.246 e. The van der Waals surface area contributed by atoms with E-state index in [4.69, 9.17) is 0 Å². The van der Waals surface area contributed by atoms with Crippen LogP contribution >= 0.6 is 0 Å². The van der Waals surface area contributed by atoms with Gasteiger partial charge in [0.25, 0.3) is 0 Å². The molecule has 3 heteroatoms. The van der Waals surface area contributed by atoms with Crippen LogP contribution in [0.15, 0.2) is 23.9 Å². The fourth-order valence-corrected chi connectivity index (χ4v) is 1.38. The van der Waals surface area contributed by atoms with Gasteiger partial charge in [-0.25, -0.2) is 0 Å². The van der Waals surface area contributed by atoms with Crippen LogP contribution < -0.4 is 0 Å². The largest absolute Gasteiger partial charge is 0.259 e. The van der Waals surface area contributed by atoms with Crippen molar-refractivity contribution in [3.05, 3.63) is 50.7 Å². The van der Waals surface area contributed by atoms with E-state index in [0.717, 1.165) is 16.7 Å². The molecule has 0 aliphatic rings. The minimum Gasteiger partial charge on any atom is -0.259 e. The molecule has 0 aliphatic carbocycles. The SMILES string of the molecule is CCC(=Cc1cc(C)ccc1C)[N+](=O)[O-]. The van der Waals surface area contributed by atoms with E-state index in [9.17, 15) is 10.1 Å². The Labute approximate surface area is 89.6 Å². The highest BCUT2D eigenvalue weighted by atomic mass is 16.6. The molecule has 0 heterocycles. The molecule has 1 rings (SSSR count). The van der Waals surface area contributed by atoms with Crippen LogP contribution in [0.2, 0.25) is 0 Å². The van der Waals surface area contributed by atoms with Crippen molar-refractivity contribution >= 4 is 6.08 Å². The molecule has 15 heavy (non-hydrogen) atoms. The van der Waals surface area contributed by atoms with Gasteiger partial charge >= 0.3 is 0 Å². The van der Waals surface area contributed by atoms with E-state index in [0.29, 0.717) is 6.42 Å². The fraction of sp³-hybridized carbons (Fsp3) is 0.333. The molecule has 1 aromatic carbocycles. The third-order valence-electron chi connectivity index (χ3n) is 2.35. The molecular weight excluding hydrogens is 190 g/mol. The molecule has 1 aromatic rings. The number of allylic oxidation sites excluding steroid dienone is 1. The zero-order valence-corrected chi connectivity index (χ0v) is 9.28. The molecule has 0 bridgehead atoms. The topological polar surface area (TPSA) is 43.1 Å². The van der Waals surface area contributed by atoms with E-state index in [2.05, 4.69) is 0 Å². The van der Waals surface area contributed by atoms with Crippen molar-refractivity contribution in [2.45, 2.75) is 27.2 Å². The first-order valence-corrected chi connectivity index (χ1v) is 4.96. The summed E-state index contributed by atoms with van der Waals surface area (Å²) in [5.41, 5.74) is 3.37. The van der Waals surface area contributed by atoms with Crippen molar-refractivity contribution in [1.82, 2.24) is 0 Å². The summed E-state index contributed by atoms with van der Waals surface area (Å²) < 4.78 is 0. The number of rotatable bonds is 3. The van der Waals surface area contributed by atoms with E-state index >= 15 is 0 Å². The normalized spacial score (nSPS) is 11.5.